The van der Waals surface area contributed by atoms with Gasteiger partial charge in [0.05, 0.1) is 11.9 Å². The van der Waals surface area contributed by atoms with Gasteiger partial charge in [0, 0.05) is 31.9 Å². The Morgan fingerprint density at radius 1 is 1.59 bits per heavy atom. The van der Waals surface area contributed by atoms with E-state index in [9.17, 15) is 4.79 Å². The molecular weight excluding hydrogens is 216 g/mol. The molecule has 0 aromatic carbocycles. The third-order valence-electron chi connectivity index (χ3n) is 3.28. The molecule has 0 bridgehead atoms. The van der Waals surface area contributed by atoms with Gasteiger partial charge in [0.1, 0.15) is 0 Å². The van der Waals surface area contributed by atoms with Gasteiger partial charge in [-0.3, -0.25) is 4.79 Å². The minimum absolute atomic E-state index is 0.0281. The maximum atomic E-state index is 11.8. The fraction of sp³-hybridized carbons (Fsp3) is 0.667. The Morgan fingerprint density at radius 2 is 2.29 bits per heavy atom. The molecule has 5 nitrogen and oxygen atoms in total. The normalized spacial score (nSPS) is 14.6. The van der Waals surface area contributed by atoms with Gasteiger partial charge in [-0.05, 0) is 12.8 Å². The van der Waals surface area contributed by atoms with Gasteiger partial charge < -0.3 is 15.6 Å². The maximum Gasteiger partial charge on any atom is 0.222 e. The van der Waals surface area contributed by atoms with Gasteiger partial charge in [-0.15, -0.1) is 0 Å². The lowest BCUT2D eigenvalue weighted by Gasteiger charge is -2.33. The lowest BCUT2D eigenvalue weighted by atomic mass is 9.88. The van der Waals surface area contributed by atoms with E-state index in [-0.39, 0.29) is 11.4 Å². The zero-order valence-corrected chi connectivity index (χ0v) is 10.8. The zero-order chi connectivity index (χ0) is 12.9. The molecule has 17 heavy (non-hydrogen) atoms. The van der Waals surface area contributed by atoms with Crippen LogP contribution in [0.5, 0.6) is 0 Å². The number of nitrogens with one attached hydrogen (secondary N) is 1. The third kappa shape index (κ3) is 3.85. The molecule has 0 spiro atoms. The van der Waals surface area contributed by atoms with E-state index in [0.29, 0.717) is 25.4 Å². The summed E-state index contributed by atoms with van der Waals surface area (Å²) in [7, 11) is 0. The molecule has 1 unspecified atom stereocenters. The van der Waals surface area contributed by atoms with Crippen LogP contribution in [0.4, 0.5) is 0 Å². The van der Waals surface area contributed by atoms with Crippen LogP contribution in [0.25, 0.3) is 0 Å². The molecule has 0 fully saturated rings. The molecule has 0 aliphatic carbocycles. The second-order valence-electron chi connectivity index (χ2n) is 4.87. The average Bonchev–Trinajstić information content (AvgIpc) is 2.78. The second kappa shape index (κ2) is 5.82. The highest BCUT2D eigenvalue weighted by Crippen LogP contribution is 2.14. The Labute approximate surface area is 102 Å². The molecule has 1 amide bonds. The predicted molar refractivity (Wildman–Crippen MR) is 67.3 cm³/mol. The molecule has 1 rings (SSSR count). The van der Waals surface area contributed by atoms with Crippen molar-refractivity contribution in [3.05, 3.63) is 18.7 Å². The van der Waals surface area contributed by atoms with Crippen LogP contribution in [0.3, 0.4) is 0 Å². The summed E-state index contributed by atoms with van der Waals surface area (Å²) in [6, 6.07) is 0. The van der Waals surface area contributed by atoms with Gasteiger partial charge in [0.25, 0.3) is 0 Å². The van der Waals surface area contributed by atoms with E-state index in [0.717, 1.165) is 0 Å². The molecule has 1 aromatic rings. The highest BCUT2D eigenvalue weighted by Gasteiger charge is 2.28. The molecule has 3 N–H and O–H groups in total. The van der Waals surface area contributed by atoms with Crippen molar-refractivity contribution in [2.75, 3.05) is 6.54 Å². The quantitative estimate of drug-likeness (QED) is 0.768. The number of imidazole rings is 1. The number of nitrogens with two attached hydrogens (primary N) is 1. The van der Waals surface area contributed by atoms with Crippen molar-refractivity contribution in [1.29, 1.82) is 0 Å². The van der Waals surface area contributed by atoms with Crippen LogP contribution in [-0.4, -0.2) is 27.5 Å². The highest BCUT2D eigenvalue weighted by molar-refractivity contribution is 5.76. The zero-order valence-electron chi connectivity index (χ0n) is 10.8. The first kappa shape index (κ1) is 13.7. The van der Waals surface area contributed by atoms with Crippen LogP contribution in [0.1, 0.15) is 27.2 Å². The third-order valence-corrected chi connectivity index (χ3v) is 3.28. The summed E-state index contributed by atoms with van der Waals surface area (Å²) < 4.78 is 1.88. The van der Waals surface area contributed by atoms with Crippen molar-refractivity contribution < 1.29 is 4.79 Å². The van der Waals surface area contributed by atoms with E-state index in [4.69, 9.17) is 5.73 Å². The van der Waals surface area contributed by atoms with Crippen molar-refractivity contribution in [3.63, 3.8) is 0 Å². The first-order valence-electron chi connectivity index (χ1n) is 5.95. The minimum atomic E-state index is -0.327. The summed E-state index contributed by atoms with van der Waals surface area (Å²) in [4.78, 5) is 15.7. The Kier molecular flexibility index (Phi) is 4.69. The number of hydrogen-bond donors (Lipinski definition) is 2. The van der Waals surface area contributed by atoms with E-state index in [1.54, 1.807) is 12.5 Å². The molecule has 0 saturated carbocycles. The number of aryl methyl sites for hydroxylation is 1. The Hall–Kier alpha value is -1.36. The molecular formula is C12H22N4O. The smallest absolute Gasteiger partial charge is 0.222 e. The maximum absolute atomic E-state index is 11.8. The molecule has 0 radical (unpaired) electrons. The number of carbonyl (C=O) groups is 1. The van der Waals surface area contributed by atoms with Gasteiger partial charge in [-0.2, -0.15) is 0 Å². The molecule has 1 heterocycles. The molecule has 0 aliphatic heterocycles. The molecule has 1 atom stereocenters. The van der Waals surface area contributed by atoms with Gasteiger partial charge in [0.2, 0.25) is 5.91 Å². The Balaban J connectivity index is 2.43. The van der Waals surface area contributed by atoms with Gasteiger partial charge >= 0.3 is 0 Å². The van der Waals surface area contributed by atoms with Gasteiger partial charge in [-0.25, -0.2) is 4.98 Å². The van der Waals surface area contributed by atoms with Crippen LogP contribution in [0, 0.1) is 5.92 Å². The van der Waals surface area contributed by atoms with Crippen molar-refractivity contribution in [3.8, 4) is 0 Å². The van der Waals surface area contributed by atoms with E-state index in [2.05, 4.69) is 24.1 Å². The van der Waals surface area contributed by atoms with Crippen LogP contribution in [0.2, 0.25) is 0 Å². The number of carbonyl (C=O) groups excluding carboxylic acids is 1. The van der Waals surface area contributed by atoms with Crippen molar-refractivity contribution in [2.45, 2.75) is 39.3 Å². The molecule has 0 saturated heterocycles. The number of amides is 1. The molecule has 1 aromatic heterocycles. The number of rotatable bonds is 6. The monoisotopic (exact) mass is 238 g/mol. The molecule has 5 heteroatoms. The standard InChI is InChI=1S/C12H22N4O/c1-10(2)12(3,8-13)15-11(17)4-6-16-7-5-14-9-16/h5,7,9-10H,4,6,8,13H2,1-3H3,(H,15,17). The fourth-order valence-electron chi connectivity index (χ4n) is 1.46. The molecule has 96 valence electrons. The van der Waals surface area contributed by atoms with Crippen LogP contribution < -0.4 is 11.1 Å². The first-order chi connectivity index (χ1) is 7.98. The van der Waals surface area contributed by atoms with Gasteiger partial charge in [-0.1, -0.05) is 13.8 Å². The Bertz CT molecular complexity index is 347. The molecule has 0 aliphatic rings. The van der Waals surface area contributed by atoms with Crippen LogP contribution in [-0.2, 0) is 11.3 Å². The van der Waals surface area contributed by atoms with Crippen molar-refractivity contribution in [2.24, 2.45) is 11.7 Å². The summed E-state index contributed by atoms with van der Waals surface area (Å²) in [5.41, 5.74) is 5.39. The summed E-state index contributed by atoms with van der Waals surface area (Å²) >= 11 is 0. The highest BCUT2D eigenvalue weighted by atomic mass is 16.1. The lowest BCUT2D eigenvalue weighted by Crippen LogP contribution is -2.55. The summed E-state index contributed by atoms with van der Waals surface area (Å²) in [5, 5.41) is 3.01. The van der Waals surface area contributed by atoms with E-state index >= 15 is 0 Å². The topological polar surface area (TPSA) is 72.9 Å². The van der Waals surface area contributed by atoms with Crippen molar-refractivity contribution >= 4 is 5.91 Å². The first-order valence-corrected chi connectivity index (χ1v) is 5.95. The van der Waals surface area contributed by atoms with Crippen LogP contribution >= 0.6 is 0 Å². The summed E-state index contributed by atoms with van der Waals surface area (Å²) in [6.07, 6.45) is 5.70. The minimum Gasteiger partial charge on any atom is -0.349 e. The van der Waals surface area contributed by atoms with E-state index < -0.39 is 0 Å². The van der Waals surface area contributed by atoms with E-state index in [1.807, 2.05) is 17.7 Å². The fourth-order valence-corrected chi connectivity index (χ4v) is 1.46. The van der Waals surface area contributed by atoms with Gasteiger partial charge in [0.15, 0.2) is 0 Å². The Morgan fingerprint density at radius 3 is 2.76 bits per heavy atom. The lowest BCUT2D eigenvalue weighted by molar-refractivity contribution is -0.123. The summed E-state index contributed by atoms with van der Waals surface area (Å²) in [6.45, 7) is 7.19. The number of nitrogens with zero attached hydrogens (tertiary/aromatic N) is 2. The second-order valence-corrected chi connectivity index (χ2v) is 4.87. The number of aromatic nitrogens is 2. The number of hydrogen-bond acceptors (Lipinski definition) is 3. The largest absolute Gasteiger partial charge is 0.349 e. The van der Waals surface area contributed by atoms with E-state index in [1.165, 1.54) is 0 Å². The SMILES string of the molecule is CC(C)C(C)(CN)NC(=O)CCn1ccnc1. The predicted octanol–water partition coefficient (Wildman–Crippen LogP) is 0.763. The summed E-state index contributed by atoms with van der Waals surface area (Å²) in [5.74, 6) is 0.338. The van der Waals surface area contributed by atoms with Crippen molar-refractivity contribution in [1.82, 2.24) is 14.9 Å². The average molecular weight is 238 g/mol. The van der Waals surface area contributed by atoms with Crippen LogP contribution in [0.15, 0.2) is 18.7 Å².